The molecule has 0 fully saturated rings. The van der Waals surface area contributed by atoms with Crippen LogP contribution in [0.2, 0.25) is 0 Å². The van der Waals surface area contributed by atoms with Gasteiger partial charge < -0.3 is 5.11 Å². The summed E-state index contributed by atoms with van der Waals surface area (Å²) in [7, 11) is 0. The van der Waals surface area contributed by atoms with E-state index in [-0.39, 0.29) is 11.9 Å². The van der Waals surface area contributed by atoms with Gasteiger partial charge in [-0.1, -0.05) is 26.0 Å². The van der Waals surface area contributed by atoms with Gasteiger partial charge in [-0.2, -0.15) is 0 Å². The van der Waals surface area contributed by atoms with Crippen LogP contribution in [0.15, 0.2) is 22.7 Å². The van der Waals surface area contributed by atoms with Gasteiger partial charge in [-0.15, -0.1) is 0 Å². The predicted octanol–water partition coefficient (Wildman–Crippen LogP) is 3.93. The molecule has 1 rings (SSSR count). The summed E-state index contributed by atoms with van der Waals surface area (Å²) in [4.78, 5) is 0. The van der Waals surface area contributed by atoms with Crippen LogP contribution in [0.25, 0.3) is 0 Å². The quantitative estimate of drug-likeness (QED) is 0.870. The van der Waals surface area contributed by atoms with Crippen LogP contribution in [0.1, 0.15) is 32.3 Å². The van der Waals surface area contributed by atoms with E-state index in [1.165, 1.54) is 6.07 Å². The Balaban J connectivity index is 2.56. The molecular weight excluding hydrogens is 271 g/mol. The van der Waals surface area contributed by atoms with Crippen molar-refractivity contribution in [1.82, 2.24) is 0 Å². The summed E-state index contributed by atoms with van der Waals surface area (Å²) in [6.07, 6.45) is 1.88. The number of benzene rings is 1. The van der Waals surface area contributed by atoms with E-state index in [1.54, 1.807) is 6.07 Å². The van der Waals surface area contributed by atoms with Crippen molar-refractivity contribution in [3.63, 3.8) is 0 Å². The lowest BCUT2D eigenvalue weighted by Crippen LogP contribution is -2.12. The molecule has 1 nitrogen and oxygen atoms in total. The third kappa shape index (κ3) is 4.22. The minimum atomic E-state index is -0.388. The van der Waals surface area contributed by atoms with E-state index in [0.29, 0.717) is 16.8 Å². The van der Waals surface area contributed by atoms with Crippen molar-refractivity contribution in [3.05, 3.63) is 34.1 Å². The predicted molar refractivity (Wildman–Crippen MR) is 67.9 cm³/mol. The van der Waals surface area contributed by atoms with E-state index < -0.39 is 0 Å². The van der Waals surface area contributed by atoms with Gasteiger partial charge in [-0.05, 0) is 52.7 Å². The average molecular weight is 289 g/mol. The van der Waals surface area contributed by atoms with E-state index in [0.717, 1.165) is 18.4 Å². The van der Waals surface area contributed by atoms with Crippen molar-refractivity contribution in [1.29, 1.82) is 0 Å². The molecule has 1 aromatic carbocycles. The largest absolute Gasteiger partial charge is 0.393 e. The smallest absolute Gasteiger partial charge is 0.137 e. The fraction of sp³-hybridized carbons (Fsp3) is 0.538. The minimum Gasteiger partial charge on any atom is -0.393 e. The maximum Gasteiger partial charge on any atom is 0.137 e. The lowest BCUT2D eigenvalue weighted by atomic mass is 10.00. The Kier molecular flexibility index (Phi) is 5.42. The summed E-state index contributed by atoms with van der Waals surface area (Å²) in [5.74, 6) is 0.319. The fourth-order valence-corrected chi connectivity index (χ4v) is 2.01. The van der Waals surface area contributed by atoms with Crippen molar-refractivity contribution in [2.45, 2.75) is 39.2 Å². The normalized spacial score (nSPS) is 13.1. The van der Waals surface area contributed by atoms with Gasteiger partial charge in [-0.3, -0.25) is 0 Å². The molecule has 1 N–H and O–H groups in total. The topological polar surface area (TPSA) is 20.2 Å². The summed E-state index contributed by atoms with van der Waals surface area (Å²) in [5, 5.41) is 9.82. The molecule has 0 saturated carbocycles. The first kappa shape index (κ1) is 13.7. The SMILES string of the molecule is CC(C)CCC(O)Cc1cccc(F)c1Br. The second kappa shape index (κ2) is 6.36. The highest BCUT2D eigenvalue weighted by Crippen LogP contribution is 2.22. The zero-order valence-electron chi connectivity index (χ0n) is 9.71. The highest BCUT2D eigenvalue weighted by atomic mass is 79.9. The lowest BCUT2D eigenvalue weighted by molar-refractivity contribution is 0.156. The molecule has 90 valence electrons. The zero-order valence-corrected chi connectivity index (χ0v) is 11.3. The number of halogens is 2. The van der Waals surface area contributed by atoms with Gasteiger partial charge in [0.05, 0.1) is 10.6 Å². The highest BCUT2D eigenvalue weighted by Gasteiger charge is 2.11. The zero-order chi connectivity index (χ0) is 12.1. The number of rotatable bonds is 5. The average Bonchev–Trinajstić information content (AvgIpc) is 2.22. The number of hydrogen-bond acceptors (Lipinski definition) is 1. The third-order valence-electron chi connectivity index (χ3n) is 2.56. The van der Waals surface area contributed by atoms with E-state index in [9.17, 15) is 9.50 Å². The monoisotopic (exact) mass is 288 g/mol. The molecule has 0 aliphatic carbocycles. The molecule has 3 heteroatoms. The van der Waals surface area contributed by atoms with E-state index >= 15 is 0 Å². The molecule has 0 saturated heterocycles. The molecule has 1 unspecified atom stereocenters. The van der Waals surface area contributed by atoms with Gasteiger partial charge in [0.15, 0.2) is 0 Å². The van der Waals surface area contributed by atoms with Crippen LogP contribution in [-0.4, -0.2) is 11.2 Å². The van der Waals surface area contributed by atoms with Gasteiger partial charge in [0, 0.05) is 0 Å². The highest BCUT2D eigenvalue weighted by molar-refractivity contribution is 9.10. The van der Waals surface area contributed by atoms with Crippen LogP contribution in [0.4, 0.5) is 4.39 Å². The Morgan fingerprint density at radius 2 is 2.00 bits per heavy atom. The summed E-state index contributed by atoms with van der Waals surface area (Å²) in [5.41, 5.74) is 0.830. The van der Waals surface area contributed by atoms with Crippen LogP contribution in [0.5, 0.6) is 0 Å². The first-order chi connectivity index (χ1) is 7.50. The van der Waals surface area contributed by atoms with E-state index in [4.69, 9.17) is 0 Å². The Labute approximate surface area is 105 Å². The summed E-state index contributed by atoms with van der Waals surface area (Å²) >= 11 is 3.20. The minimum absolute atomic E-state index is 0.270. The van der Waals surface area contributed by atoms with Crippen LogP contribution in [-0.2, 0) is 6.42 Å². The number of aliphatic hydroxyl groups excluding tert-OH is 1. The molecule has 0 aliphatic heterocycles. The first-order valence-corrected chi connectivity index (χ1v) is 6.41. The second-order valence-electron chi connectivity index (χ2n) is 4.54. The molecule has 0 radical (unpaired) electrons. The standard InChI is InChI=1S/C13H18BrFO/c1-9(2)6-7-11(16)8-10-4-3-5-12(15)13(10)14/h3-5,9,11,16H,6-8H2,1-2H3. The Bertz CT molecular complexity index is 339. The van der Waals surface area contributed by atoms with Crippen molar-refractivity contribution in [3.8, 4) is 0 Å². The molecule has 1 atom stereocenters. The van der Waals surface area contributed by atoms with Crippen LogP contribution < -0.4 is 0 Å². The van der Waals surface area contributed by atoms with Gasteiger partial charge in [0.2, 0.25) is 0 Å². The van der Waals surface area contributed by atoms with Crippen molar-refractivity contribution in [2.75, 3.05) is 0 Å². The fourth-order valence-electron chi connectivity index (χ4n) is 1.59. The first-order valence-electron chi connectivity index (χ1n) is 5.61. The van der Waals surface area contributed by atoms with E-state index in [2.05, 4.69) is 29.8 Å². The Hall–Kier alpha value is -0.410. The third-order valence-corrected chi connectivity index (χ3v) is 3.45. The van der Waals surface area contributed by atoms with Gasteiger partial charge >= 0.3 is 0 Å². The molecule has 0 bridgehead atoms. The van der Waals surface area contributed by atoms with E-state index in [1.807, 2.05) is 6.07 Å². The number of hydrogen-bond donors (Lipinski definition) is 1. The van der Waals surface area contributed by atoms with Crippen molar-refractivity contribution >= 4 is 15.9 Å². The molecule has 0 aromatic heterocycles. The van der Waals surface area contributed by atoms with Crippen LogP contribution >= 0.6 is 15.9 Å². The number of aliphatic hydroxyl groups is 1. The second-order valence-corrected chi connectivity index (χ2v) is 5.34. The maximum atomic E-state index is 13.2. The van der Waals surface area contributed by atoms with Crippen LogP contribution in [0.3, 0.4) is 0 Å². The molecule has 0 amide bonds. The Morgan fingerprint density at radius 1 is 1.31 bits per heavy atom. The summed E-state index contributed by atoms with van der Waals surface area (Å²) in [6, 6.07) is 4.92. The van der Waals surface area contributed by atoms with Crippen LogP contribution in [0, 0.1) is 11.7 Å². The van der Waals surface area contributed by atoms with Gasteiger partial charge in [-0.25, -0.2) is 4.39 Å². The molecule has 1 aromatic rings. The van der Waals surface area contributed by atoms with Crippen molar-refractivity contribution < 1.29 is 9.50 Å². The molecule has 0 spiro atoms. The van der Waals surface area contributed by atoms with Gasteiger partial charge in [0.25, 0.3) is 0 Å². The van der Waals surface area contributed by atoms with Crippen molar-refractivity contribution in [2.24, 2.45) is 5.92 Å². The van der Waals surface area contributed by atoms with Gasteiger partial charge in [0.1, 0.15) is 5.82 Å². The lowest BCUT2D eigenvalue weighted by Gasteiger charge is -2.13. The molecule has 16 heavy (non-hydrogen) atoms. The Morgan fingerprint density at radius 3 is 2.62 bits per heavy atom. The molecule has 0 aliphatic rings. The summed E-state index contributed by atoms with van der Waals surface area (Å²) in [6.45, 7) is 4.26. The molecule has 0 heterocycles. The summed E-state index contributed by atoms with van der Waals surface area (Å²) < 4.78 is 13.7. The maximum absolute atomic E-state index is 13.2. The molecular formula is C13H18BrFO.